The van der Waals surface area contributed by atoms with Crippen LogP contribution in [0, 0.1) is 10.1 Å². The van der Waals surface area contributed by atoms with Crippen LogP contribution >= 0.6 is 0 Å². The van der Waals surface area contributed by atoms with Crippen molar-refractivity contribution in [3.63, 3.8) is 0 Å². The first kappa shape index (κ1) is 20.9. The quantitative estimate of drug-likeness (QED) is 0.327. The Morgan fingerprint density at radius 1 is 0.969 bits per heavy atom. The maximum atomic E-state index is 12.8. The van der Waals surface area contributed by atoms with Crippen molar-refractivity contribution in [1.82, 2.24) is 5.32 Å². The standard InChI is InChI=1S/C25H20N2O5/c28-22-14-13-17-7-4-5-12-21(17)24(22)25(18-8-6-9-19(15-18)27(30)31)26-23(29)16-32-20-10-2-1-3-11-20/h1-15,25,28H,16H2,(H,26,29)/t25-/m1/s1. The lowest BCUT2D eigenvalue weighted by atomic mass is 9.92. The van der Waals surface area contributed by atoms with E-state index >= 15 is 0 Å². The zero-order valence-electron chi connectivity index (χ0n) is 17.0. The molecule has 0 heterocycles. The molecule has 0 saturated heterocycles. The molecule has 1 amide bonds. The molecule has 32 heavy (non-hydrogen) atoms. The lowest BCUT2D eigenvalue weighted by Gasteiger charge is -2.22. The number of benzene rings is 4. The van der Waals surface area contributed by atoms with Crippen molar-refractivity contribution in [2.75, 3.05) is 6.61 Å². The second-order valence-corrected chi connectivity index (χ2v) is 7.17. The zero-order valence-corrected chi connectivity index (χ0v) is 17.0. The van der Waals surface area contributed by atoms with Gasteiger partial charge in [-0.3, -0.25) is 14.9 Å². The fourth-order valence-electron chi connectivity index (χ4n) is 3.60. The van der Waals surface area contributed by atoms with Gasteiger partial charge in [0, 0.05) is 17.7 Å². The van der Waals surface area contributed by atoms with Crippen LogP contribution in [0.25, 0.3) is 10.8 Å². The molecule has 4 aromatic rings. The van der Waals surface area contributed by atoms with Crippen LogP contribution < -0.4 is 10.1 Å². The average Bonchev–Trinajstić information content (AvgIpc) is 2.82. The summed E-state index contributed by atoms with van der Waals surface area (Å²) in [5, 5.41) is 26.5. The third-order valence-corrected chi connectivity index (χ3v) is 5.07. The largest absolute Gasteiger partial charge is 0.508 e. The minimum absolute atomic E-state index is 0.0236. The van der Waals surface area contributed by atoms with E-state index in [1.54, 1.807) is 48.5 Å². The Morgan fingerprint density at radius 3 is 2.50 bits per heavy atom. The summed E-state index contributed by atoms with van der Waals surface area (Å²) >= 11 is 0. The summed E-state index contributed by atoms with van der Waals surface area (Å²) in [5.41, 5.74) is 0.817. The number of carbonyl (C=O) groups excluding carboxylic acids is 1. The van der Waals surface area contributed by atoms with Crippen LogP contribution in [0.4, 0.5) is 5.69 Å². The predicted molar refractivity (Wildman–Crippen MR) is 121 cm³/mol. The molecule has 0 unspecified atom stereocenters. The van der Waals surface area contributed by atoms with Gasteiger partial charge in [-0.25, -0.2) is 0 Å². The first-order valence-electron chi connectivity index (χ1n) is 9.95. The van der Waals surface area contributed by atoms with E-state index in [0.717, 1.165) is 10.8 Å². The van der Waals surface area contributed by atoms with Crippen molar-refractivity contribution < 1.29 is 19.6 Å². The van der Waals surface area contributed by atoms with Crippen molar-refractivity contribution >= 4 is 22.4 Å². The highest BCUT2D eigenvalue weighted by atomic mass is 16.6. The first-order valence-corrected chi connectivity index (χ1v) is 9.95. The van der Waals surface area contributed by atoms with Gasteiger partial charge in [-0.15, -0.1) is 0 Å². The maximum Gasteiger partial charge on any atom is 0.269 e. The highest BCUT2D eigenvalue weighted by Crippen LogP contribution is 2.36. The number of aromatic hydroxyl groups is 1. The van der Waals surface area contributed by atoms with Crippen molar-refractivity contribution in [3.05, 3.63) is 112 Å². The molecule has 0 aliphatic heterocycles. The van der Waals surface area contributed by atoms with Gasteiger partial charge in [0.2, 0.25) is 0 Å². The van der Waals surface area contributed by atoms with E-state index in [1.807, 2.05) is 30.3 Å². The van der Waals surface area contributed by atoms with Gasteiger partial charge >= 0.3 is 0 Å². The molecule has 160 valence electrons. The van der Waals surface area contributed by atoms with Crippen LogP contribution in [0.5, 0.6) is 11.5 Å². The van der Waals surface area contributed by atoms with E-state index in [0.29, 0.717) is 16.9 Å². The first-order chi connectivity index (χ1) is 15.5. The molecular formula is C25H20N2O5. The van der Waals surface area contributed by atoms with Crippen molar-refractivity contribution in [2.45, 2.75) is 6.04 Å². The monoisotopic (exact) mass is 428 g/mol. The Bertz CT molecular complexity index is 1270. The van der Waals surface area contributed by atoms with Crippen LogP contribution in [0.1, 0.15) is 17.2 Å². The molecule has 0 aliphatic carbocycles. The number of para-hydroxylation sites is 1. The second-order valence-electron chi connectivity index (χ2n) is 7.17. The fourth-order valence-corrected chi connectivity index (χ4v) is 3.60. The summed E-state index contributed by atoms with van der Waals surface area (Å²) in [5.74, 6) is 0.0877. The van der Waals surface area contributed by atoms with Crippen molar-refractivity contribution in [3.8, 4) is 11.5 Å². The number of fused-ring (bicyclic) bond motifs is 1. The Morgan fingerprint density at radius 2 is 1.72 bits per heavy atom. The minimum Gasteiger partial charge on any atom is -0.508 e. The summed E-state index contributed by atoms with van der Waals surface area (Å²) in [6.45, 7) is -0.249. The molecule has 0 aliphatic rings. The van der Waals surface area contributed by atoms with Crippen molar-refractivity contribution in [2.24, 2.45) is 0 Å². The van der Waals surface area contributed by atoms with Gasteiger partial charge < -0.3 is 15.2 Å². The minimum atomic E-state index is -0.826. The number of nitrogens with one attached hydrogen (secondary N) is 1. The molecule has 0 bridgehead atoms. The van der Waals surface area contributed by atoms with Gasteiger partial charge in [0.05, 0.1) is 11.0 Å². The number of hydrogen-bond donors (Lipinski definition) is 2. The molecule has 0 saturated carbocycles. The molecular weight excluding hydrogens is 408 g/mol. The molecule has 2 N–H and O–H groups in total. The normalized spacial score (nSPS) is 11.6. The smallest absolute Gasteiger partial charge is 0.269 e. The number of amides is 1. The Kier molecular flexibility index (Phi) is 5.98. The number of ether oxygens (including phenoxy) is 1. The van der Waals surface area contributed by atoms with E-state index in [1.165, 1.54) is 12.1 Å². The zero-order chi connectivity index (χ0) is 22.5. The van der Waals surface area contributed by atoms with Gasteiger partial charge in [-0.2, -0.15) is 0 Å². The third kappa shape index (κ3) is 4.52. The summed E-state index contributed by atoms with van der Waals surface area (Å²) < 4.78 is 5.54. The Hall–Kier alpha value is -4.39. The second kappa shape index (κ2) is 9.18. The number of nitrogens with zero attached hydrogens (tertiary/aromatic N) is 1. The molecule has 1 atom stereocenters. The Balaban J connectivity index is 1.73. The third-order valence-electron chi connectivity index (χ3n) is 5.07. The van der Waals surface area contributed by atoms with Crippen molar-refractivity contribution in [1.29, 1.82) is 0 Å². The maximum absolute atomic E-state index is 12.8. The van der Waals surface area contributed by atoms with E-state index in [-0.39, 0.29) is 18.0 Å². The number of non-ortho nitro benzene ring substituents is 1. The summed E-state index contributed by atoms with van der Waals surface area (Å²) in [7, 11) is 0. The van der Waals surface area contributed by atoms with E-state index in [2.05, 4.69) is 5.32 Å². The molecule has 0 aromatic heterocycles. The number of carbonyl (C=O) groups is 1. The van der Waals surface area contributed by atoms with Crippen LogP contribution in [0.15, 0.2) is 91.0 Å². The number of rotatable bonds is 7. The number of phenolic OH excluding ortho intramolecular Hbond substituents is 1. The molecule has 7 heteroatoms. The molecule has 0 spiro atoms. The number of nitro groups is 1. The molecule has 0 radical (unpaired) electrons. The van der Waals surface area contributed by atoms with Gasteiger partial charge in [0.1, 0.15) is 11.5 Å². The topological polar surface area (TPSA) is 102 Å². The highest BCUT2D eigenvalue weighted by molar-refractivity contribution is 5.89. The number of hydrogen-bond acceptors (Lipinski definition) is 5. The Labute approximate surface area is 184 Å². The molecule has 7 nitrogen and oxygen atoms in total. The van der Waals surface area contributed by atoms with E-state index in [9.17, 15) is 20.0 Å². The highest BCUT2D eigenvalue weighted by Gasteiger charge is 2.24. The van der Waals surface area contributed by atoms with Crippen LogP contribution in [-0.4, -0.2) is 22.5 Å². The van der Waals surface area contributed by atoms with Gasteiger partial charge in [-0.05, 0) is 34.5 Å². The van der Waals surface area contributed by atoms with Crippen LogP contribution in [0.2, 0.25) is 0 Å². The lowest BCUT2D eigenvalue weighted by Crippen LogP contribution is -2.33. The van der Waals surface area contributed by atoms with E-state index in [4.69, 9.17) is 4.74 Å². The van der Waals surface area contributed by atoms with Gasteiger partial charge in [0.15, 0.2) is 6.61 Å². The summed E-state index contributed by atoms with van der Waals surface area (Å²) in [6, 6.07) is 24.8. The SMILES string of the molecule is O=C(COc1ccccc1)N[C@H](c1cccc([N+](=O)[O-])c1)c1c(O)ccc2ccccc12. The lowest BCUT2D eigenvalue weighted by molar-refractivity contribution is -0.384. The number of phenols is 1. The van der Waals surface area contributed by atoms with E-state index < -0.39 is 16.9 Å². The molecule has 0 fully saturated rings. The summed E-state index contributed by atoms with van der Waals surface area (Å²) in [6.07, 6.45) is 0. The average molecular weight is 428 g/mol. The molecule has 4 rings (SSSR count). The summed E-state index contributed by atoms with van der Waals surface area (Å²) in [4.78, 5) is 23.6. The fraction of sp³-hybridized carbons (Fsp3) is 0.0800. The van der Waals surface area contributed by atoms with Crippen LogP contribution in [0.3, 0.4) is 0 Å². The van der Waals surface area contributed by atoms with Crippen LogP contribution in [-0.2, 0) is 4.79 Å². The van der Waals surface area contributed by atoms with Gasteiger partial charge in [-0.1, -0.05) is 60.7 Å². The van der Waals surface area contributed by atoms with Gasteiger partial charge in [0.25, 0.3) is 11.6 Å². The predicted octanol–water partition coefficient (Wildman–Crippen LogP) is 4.74. The molecule has 4 aromatic carbocycles. The number of nitro benzene ring substituents is 1.